The number of allylic oxidation sites excluding steroid dienone is 2. The number of unbranched alkanes of at least 4 members (excludes halogenated alkanes) is 4. The van der Waals surface area contributed by atoms with Crippen LogP contribution in [-0.2, 0) is 28.7 Å². The van der Waals surface area contributed by atoms with Crippen molar-refractivity contribution in [1.29, 1.82) is 0 Å². The molecule has 2 aliphatic rings. The van der Waals surface area contributed by atoms with Gasteiger partial charge in [-0.1, -0.05) is 12.2 Å². The molecule has 0 aromatic carbocycles. The molecule has 12 nitrogen and oxygen atoms in total. The van der Waals surface area contributed by atoms with Crippen LogP contribution >= 0.6 is 0 Å². The first-order valence-corrected chi connectivity index (χ1v) is 13.9. The molecule has 0 aromatic heterocycles. The minimum atomic E-state index is -0.721. The molecule has 0 bridgehead atoms. The predicted octanol–water partition coefficient (Wildman–Crippen LogP) is 3.19. The maximum Gasteiger partial charge on any atom is 0.408 e. The zero-order valence-corrected chi connectivity index (χ0v) is 24.5. The van der Waals surface area contributed by atoms with Crippen LogP contribution in [0.3, 0.4) is 0 Å². The normalized spacial score (nSPS) is 19.1. The van der Waals surface area contributed by atoms with Gasteiger partial charge in [-0.15, -0.1) is 0 Å². The Morgan fingerprint density at radius 1 is 0.700 bits per heavy atom. The molecular formula is C28H44N4O8. The van der Waals surface area contributed by atoms with E-state index in [9.17, 15) is 28.8 Å². The smallest absolute Gasteiger partial charge is 0.408 e. The Kier molecular flexibility index (Phi) is 11.7. The van der Waals surface area contributed by atoms with Crippen molar-refractivity contribution in [2.75, 3.05) is 13.1 Å². The predicted molar refractivity (Wildman–Crippen MR) is 146 cm³/mol. The molecule has 0 spiro atoms. The fraction of sp³-hybridized carbons (Fsp3) is 0.714. The number of nitrogens with zero attached hydrogens (tertiary/aromatic N) is 2. The highest BCUT2D eigenvalue weighted by Gasteiger charge is 2.42. The topological polar surface area (TPSA) is 151 Å². The van der Waals surface area contributed by atoms with Gasteiger partial charge >= 0.3 is 12.2 Å². The molecule has 0 unspecified atom stereocenters. The second-order valence-corrected chi connectivity index (χ2v) is 12.0. The van der Waals surface area contributed by atoms with Gasteiger partial charge in [0.2, 0.25) is 11.8 Å². The number of rotatable bonds is 12. The van der Waals surface area contributed by atoms with Crippen LogP contribution in [0.15, 0.2) is 12.2 Å². The van der Waals surface area contributed by atoms with Crippen LogP contribution in [0.25, 0.3) is 0 Å². The molecule has 2 heterocycles. The molecule has 224 valence electrons. The summed E-state index contributed by atoms with van der Waals surface area (Å²) in [7, 11) is 0. The summed E-state index contributed by atoms with van der Waals surface area (Å²) >= 11 is 0. The van der Waals surface area contributed by atoms with Gasteiger partial charge in [0.1, 0.15) is 23.3 Å². The lowest BCUT2D eigenvalue weighted by Gasteiger charge is -2.37. The first-order chi connectivity index (χ1) is 18.6. The van der Waals surface area contributed by atoms with Crippen molar-refractivity contribution in [3.63, 3.8) is 0 Å². The third-order valence-corrected chi connectivity index (χ3v) is 6.03. The number of alkyl carbamates (subject to hydrolysis) is 2. The van der Waals surface area contributed by atoms with E-state index in [1.807, 2.05) is 12.2 Å². The Morgan fingerprint density at radius 3 is 1.35 bits per heavy atom. The van der Waals surface area contributed by atoms with Crippen LogP contribution in [0.5, 0.6) is 0 Å². The fourth-order valence-electron chi connectivity index (χ4n) is 4.00. The summed E-state index contributed by atoms with van der Waals surface area (Å²) in [6.07, 6.45) is 7.77. The SMILES string of the molecule is CC(C)(C)OC(=O)N[C@H]1CN(C(=O)CCCC/C=C/CCCCC(=O)N2C[C@H](NC(=O)OC(C)(C)C)C2=O)C1=O. The Hall–Kier alpha value is -3.44. The number of β-lactam (4-membered cyclic amide) rings is 2. The van der Waals surface area contributed by atoms with E-state index in [-0.39, 0.29) is 37.7 Å². The number of amides is 6. The average molecular weight is 565 g/mol. The Bertz CT molecular complexity index is 917. The van der Waals surface area contributed by atoms with Crippen LogP contribution in [0, 0.1) is 0 Å². The second-order valence-electron chi connectivity index (χ2n) is 12.0. The lowest BCUT2D eigenvalue weighted by Crippen LogP contribution is -2.65. The quantitative estimate of drug-likeness (QED) is 0.208. The van der Waals surface area contributed by atoms with Gasteiger partial charge in [0, 0.05) is 12.8 Å². The van der Waals surface area contributed by atoms with E-state index in [1.54, 1.807) is 41.5 Å². The highest BCUT2D eigenvalue weighted by molar-refractivity contribution is 6.04. The first-order valence-electron chi connectivity index (χ1n) is 13.9. The summed E-state index contributed by atoms with van der Waals surface area (Å²) in [6, 6.07) is -1.44. The molecular weight excluding hydrogens is 520 g/mol. The molecule has 2 N–H and O–H groups in total. The first kappa shape index (κ1) is 32.8. The largest absolute Gasteiger partial charge is 0.444 e. The molecule has 2 fully saturated rings. The molecule has 40 heavy (non-hydrogen) atoms. The van der Waals surface area contributed by atoms with Gasteiger partial charge in [-0.05, 0) is 80.1 Å². The number of hydrogen-bond donors (Lipinski definition) is 2. The van der Waals surface area contributed by atoms with Crippen molar-refractivity contribution in [2.45, 2.75) is 116 Å². The van der Waals surface area contributed by atoms with Crippen LogP contribution in [0.2, 0.25) is 0 Å². The Labute approximate surface area is 236 Å². The monoisotopic (exact) mass is 564 g/mol. The van der Waals surface area contributed by atoms with Crippen molar-refractivity contribution in [1.82, 2.24) is 20.4 Å². The van der Waals surface area contributed by atoms with E-state index in [1.165, 1.54) is 0 Å². The summed E-state index contributed by atoms with van der Waals surface area (Å²) in [4.78, 5) is 74.6. The molecule has 6 amide bonds. The van der Waals surface area contributed by atoms with E-state index in [0.29, 0.717) is 12.8 Å². The Balaban J connectivity index is 1.48. The lowest BCUT2D eigenvalue weighted by atomic mass is 10.1. The van der Waals surface area contributed by atoms with E-state index < -0.39 is 47.3 Å². The third kappa shape index (κ3) is 11.0. The van der Waals surface area contributed by atoms with E-state index >= 15 is 0 Å². The van der Waals surface area contributed by atoms with Gasteiger partial charge in [0.05, 0.1) is 13.1 Å². The summed E-state index contributed by atoms with van der Waals surface area (Å²) < 4.78 is 10.2. The molecule has 0 saturated carbocycles. The fourth-order valence-corrected chi connectivity index (χ4v) is 4.00. The second kappa shape index (κ2) is 14.3. The zero-order valence-electron chi connectivity index (χ0n) is 24.5. The number of carbonyl (C=O) groups is 6. The van der Waals surface area contributed by atoms with E-state index in [4.69, 9.17) is 9.47 Å². The van der Waals surface area contributed by atoms with Crippen molar-refractivity contribution in [3.8, 4) is 0 Å². The summed E-state index contributed by atoms with van der Waals surface area (Å²) in [5.74, 6) is -1.31. The lowest BCUT2D eigenvalue weighted by molar-refractivity contribution is -0.156. The minimum Gasteiger partial charge on any atom is -0.444 e. The number of carbonyl (C=O) groups excluding carboxylic acids is 6. The number of imide groups is 2. The number of ether oxygens (including phenoxy) is 2. The highest BCUT2D eigenvalue weighted by atomic mass is 16.6. The molecule has 2 aliphatic heterocycles. The molecule has 0 aromatic rings. The molecule has 12 heteroatoms. The number of nitrogens with one attached hydrogen (secondary N) is 2. The summed E-state index contributed by atoms with van der Waals surface area (Å²) in [6.45, 7) is 10.7. The van der Waals surface area contributed by atoms with Gasteiger partial charge in [-0.2, -0.15) is 0 Å². The highest BCUT2D eigenvalue weighted by Crippen LogP contribution is 2.17. The van der Waals surface area contributed by atoms with Crippen LogP contribution in [-0.4, -0.2) is 82.0 Å². The van der Waals surface area contributed by atoms with Gasteiger partial charge in [-0.3, -0.25) is 29.0 Å². The maximum atomic E-state index is 12.2. The van der Waals surface area contributed by atoms with Crippen molar-refractivity contribution in [2.24, 2.45) is 0 Å². The number of hydrogen-bond acceptors (Lipinski definition) is 8. The van der Waals surface area contributed by atoms with Crippen molar-refractivity contribution < 1.29 is 38.2 Å². The number of likely N-dealkylation sites (tertiary alicyclic amines) is 2. The molecule has 2 atom stereocenters. The molecule has 0 radical (unpaired) electrons. The van der Waals surface area contributed by atoms with Crippen LogP contribution in [0.4, 0.5) is 9.59 Å². The average Bonchev–Trinajstić information content (AvgIpc) is 2.81. The molecule has 0 aliphatic carbocycles. The van der Waals surface area contributed by atoms with E-state index in [0.717, 1.165) is 35.5 Å². The van der Waals surface area contributed by atoms with Crippen molar-refractivity contribution >= 4 is 35.8 Å². The van der Waals surface area contributed by atoms with Gasteiger partial charge < -0.3 is 20.1 Å². The van der Waals surface area contributed by atoms with Crippen molar-refractivity contribution in [3.05, 3.63) is 12.2 Å². The third-order valence-electron chi connectivity index (χ3n) is 6.03. The van der Waals surface area contributed by atoms with Gasteiger partial charge in [0.25, 0.3) is 11.8 Å². The maximum absolute atomic E-state index is 12.2. The molecule has 2 saturated heterocycles. The zero-order chi connectivity index (χ0) is 30.1. The molecule has 2 rings (SSSR count). The minimum absolute atomic E-state index is 0.161. The van der Waals surface area contributed by atoms with Gasteiger partial charge in [0.15, 0.2) is 0 Å². The standard InChI is InChI=1S/C28H44N4O8/c1-27(2,3)39-25(37)29-19-17-31(23(19)35)21(33)15-13-11-9-7-8-10-12-14-16-22(34)32-18-20(24(32)36)30-26(38)40-28(4,5)6/h7-8,19-20H,9-18H2,1-6H3,(H,29,37)(H,30,38)/b8-7+/t19-,20-/m0/s1. The summed E-state index contributed by atoms with van der Waals surface area (Å²) in [5.41, 5.74) is -1.32. The Morgan fingerprint density at radius 2 is 1.05 bits per heavy atom. The van der Waals surface area contributed by atoms with Gasteiger partial charge in [-0.25, -0.2) is 9.59 Å². The van der Waals surface area contributed by atoms with Crippen LogP contribution < -0.4 is 10.6 Å². The van der Waals surface area contributed by atoms with E-state index in [2.05, 4.69) is 10.6 Å². The summed E-state index contributed by atoms with van der Waals surface area (Å²) in [5, 5.41) is 4.96. The van der Waals surface area contributed by atoms with Crippen LogP contribution in [0.1, 0.15) is 92.9 Å².